The van der Waals surface area contributed by atoms with E-state index in [0.29, 0.717) is 10.0 Å². The lowest BCUT2D eigenvalue weighted by atomic mass is 10.1. The van der Waals surface area contributed by atoms with Crippen molar-refractivity contribution in [3.8, 4) is 5.75 Å². The molecule has 0 unspecified atom stereocenters. The van der Waals surface area contributed by atoms with Gasteiger partial charge >= 0.3 is 0 Å². The second-order valence-electron chi connectivity index (χ2n) is 5.12. The molecule has 0 aromatic heterocycles. The Hall–Kier alpha value is -2.02. The molecule has 0 fully saturated rings. The van der Waals surface area contributed by atoms with Crippen molar-refractivity contribution in [3.05, 3.63) is 67.1 Å². The fourth-order valence-electron chi connectivity index (χ4n) is 2.01. The molecule has 0 aliphatic heterocycles. The molecule has 0 heterocycles. The minimum absolute atomic E-state index is 0.0551. The summed E-state index contributed by atoms with van der Waals surface area (Å²) >= 11 is 17.7. The van der Waals surface area contributed by atoms with Crippen molar-refractivity contribution in [1.29, 1.82) is 0 Å². The third kappa shape index (κ3) is 5.22. The summed E-state index contributed by atoms with van der Waals surface area (Å²) < 4.78 is 5.30. The van der Waals surface area contributed by atoms with E-state index in [4.69, 9.17) is 39.5 Å². The van der Waals surface area contributed by atoms with E-state index in [-0.39, 0.29) is 35.0 Å². The largest absolute Gasteiger partial charge is 0.482 e. The Labute approximate surface area is 158 Å². The molecule has 0 aliphatic carbocycles. The smallest absolute Gasteiger partial charge is 0.271 e. The van der Waals surface area contributed by atoms with Crippen LogP contribution in [0.4, 0.5) is 5.69 Å². The number of carbonyl (C=O) groups is 1. The zero-order valence-electron chi connectivity index (χ0n) is 13.0. The monoisotopic (exact) mass is 402 g/mol. The number of nitro benzene ring substituents is 1. The highest BCUT2D eigenvalue weighted by Crippen LogP contribution is 2.29. The predicted octanol–water partition coefficient (Wildman–Crippen LogP) is 4.81. The van der Waals surface area contributed by atoms with Crippen LogP contribution in [0.5, 0.6) is 5.75 Å². The van der Waals surface area contributed by atoms with E-state index in [1.54, 1.807) is 25.1 Å². The summed E-state index contributed by atoms with van der Waals surface area (Å²) in [5, 5.41) is 14.3. The molecule has 0 spiro atoms. The first-order valence-corrected chi connectivity index (χ1v) is 8.22. The molecule has 2 aromatic carbocycles. The van der Waals surface area contributed by atoms with Crippen LogP contribution in [-0.2, 0) is 4.79 Å². The molecule has 9 heteroatoms. The van der Waals surface area contributed by atoms with Gasteiger partial charge in [0, 0.05) is 12.1 Å². The van der Waals surface area contributed by atoms with Gasteiger partial charge in [0.2, 0.25) is 0 Å². The number of ether oxygens (including phenoxy) is 1. The standard InChI is InChI=1S/C16H13Cl3N2O4/c1-9(10-2-4-12(17)13(18)6-10)20-16(22)8-25-15-5-3-11(21(23)24)7-14(15)19/h2-7,9H,8H2,1H3,(H,20,22)/t9-/m1/s1. The number of carbonyl (C=O) groups excluding carboxylic acids is 1. The lowest BCUT2D eigenvalue weighted by Gasteiger charge is -2.15. The maximum absolute atomic E-state index is 12.0. The fraction of sp³-hybridized carbons (Fsp3) is 0.188. The van der Waals surface area contributed by atoms with E-state index in [1.165, 1.54) is 12.1 Å². The van der Waals surface area contributed by atoms with Crippen molar-refractivity contribution in [1.82, 2.24) is 5.32 Å². The number of hydrogen-bond donors (Lipinski definition) is 1. The number of nitrogens with zero attached hydrogens (tertiary/aromatic N) is 1. The van der Waals surface area contributed by atoms with Crippen molar-refractivity contribution < 1.29 is 14.5 Å². The van der Waals surface area contributed by atoms with Gasteiger partial charge < -0.3 is 10.1 Å². The number of hydrogen-bond acceptors (Lipinski definition) is 4. The lowest BCUT2D eigenvalue weighted by molar-refractivity contribution is -0.384. The zero-order chi connectivity index (χ0) is 18.6. The molecular formula is C16H13Cl3N2O4. The normalized spacial score (nSPS) is 11.7. The van der Waals surface area contributed by atoms with Crippen LogP contribution >= 0.6 is 34.8 Å². The minimum atomic E-state index is -0.568. The van der Waals surface area contributed by atoms with Gasteiger partial charge in [0.05, 0.1) is 26.0 Å². The summed E-state index contributed by atoms with van der Waals surface area (Å²) in [6.07, 6.45) is 0. The number of non-ortho nitro benzene ring substituents is 1. The molecule has 2 aromatic rings. The second-order valence-corrected chi connectivity index (χ2v) is 6.34. The molecule has 1 amide bonds. The number of nitro groups is 1. The number of amides is 1. The van der Waals surface area contributed by atoms with Gasteiger partial charge in [-0.15, -0.1) is 0 Å². The first-order valence-electron chi connectivity index (χ1n) is 7.09. The van der Waals surface area contributed by atoms with E-state index < -0.39 is 4.92 Å². The Balaban J connectivity index is 1.94. The summed E-state index contributed by atoms with van der Waals surface area (Å²) in [6.45, 7) is 1.50. The number of nitrogens with one attached hydrogen (secondary N) is 1. The van der Waals surface area contributed by atoms with Crippen LogP contribution in [0.1, 0.15) is 18.5 Å². The van der Waals surface area contributed by atoms with Crippen LogP contribution in [0, 0.1) is 10.1 Å². The first-order chi connectivity index (χ1) is 11.8. The van der Waals surface area contributed by atoms with Crippen LogP contribution in [-0.4, -0.2) is 17.4 Å². The molecule has 1 N–H and O–H groups in total. The minimum Gasteiger partial charge on any atom is -0.482 e. The number of benzene rings is 2. The predicted molar refractivity (Wildman–Crippen MR) is 96.6 cm³/mol. The van der Waals surface area contributed by atoms with Gasteiger partial charge in [-0.25, -0.2) is 0 Å². The van der Waals surface area contributed by atoms with Crippen LogP contribution in [0.2, 0.25) is 15.1 Å². The van der Waals surface area contributed by atoms with Crippen LogP contribution in [0.3, 0.4) is 0 Å². The Bertz CT molecular complexity index is 814. The zero-order valence-corrected chi connectivity index (χ0v) is 15.2. The molecule has 0 saturated heterocycles. The SMILES string of the molecule is C[C@@H](NC(=O)COc1ccc([N+](=O)[O-])cc1Cl)c1ccc(Cl)c(Cl)c1. The van der Waals surface area contributed by atoms with Crippen molar-refractivity contribution in [2.75, 3.05) is 6.61 Å². The van der Waals surface area contributed by atoms with E-state index in [2.05, 4.69) is 5.32 Å². The Morgan fingerprint density at radius 1 is 1.16 bits per heavy atom. The van der Waals surface area contributed by atoms with Gasteiger partial charge in [-0.1, -0.05) is 40.9 Å². The average molecular weight is 404 g/mol. The Morgan fingerprint density at radius 3 is 2.48 bits per heavy atom. The highest BCUT2D eigenvalue weighted by molar-refractivity contribution is 6.42. The summed E-state index contributed by atoms with van der Waals surface area (Å²) in [5.41, 5.74) is 0.631. The maximum Gasteiger partial charge on any atom is 0.271 e. The van der Waals surface area contributed by atoms with Crippen LogP contribution < -0.4 is 10.1 Å². The Morgan fingerprint density at radius 2 is 1.88 bits per heavy atom. The van der Waals surface area contributed by atoms with E-state index >= 15 is 0 Å². The molecular weight excluding hydrogens is 391 g/mol. The average Bonchev–Trinajstić information content (AvgIpc) is 2.55. The van der Waals surface area contributed by atoms with Gasteiger partial charge in [0.25, 0.3) is 11.6 Å². The lowest BCUT2D eigenvalue weighted by Crippen LogP contribution is -2.31. The number of rotatable bonds is 6. The van der Waals surface area contributed by atoms with Crippen molar-refractivity contribution >= 4 is 46.4 Å². The molecule has 2 rings (SSSR count). The molecule has 25 heavy (non-hydrogen) atoms. The third-order valence-corrected chi connectivity index (χ3v) is 4.34. The van der Waals surface area contributed by atoms with Gasteiger partial charge in [-0.2, -0.15) is 0 Å². The second kappa shape index (κ2) is 8.38. The van der Waals surface area contributed by atoms with Crippen LogP contribution in [0.15, 0.2) is 36.4 Å². The van der Waals surface area contributed by atoms with Crippen LogP contribution in [0.25, 0.3) is 0 Å². The first kappa shape index (κ1) is 19.3. The van der Waals surface area contributed by atoms with Gasteiger partial charge in [-0.05, 0) is 30.7 Å². The highest BCUT2D eigenvalue weighted by Gasteiger charge is 2.14. The summed E-state index contributed by atoms with van der Waals surface area (Å²) in [6, 6.07) is 8.52. The quantitative estimate of drug-likeness (QED) is 0.554. The molecule has 0 aliphatic rings. The summed E-state index contributed by atoms with van der Waals surface area (Å²) in [4.78, 5) is 22.1. The fourth-order valence-corrected chi connectivity index (χ4v) is 2.55. The summed E-state index contributed by atoms with van der Waals surface area (Å²) in [7, 11) is 0. The van der Waals surface area contributed by atoms with E-state index in [0.717, 1.165) is 11.6 Å². The number of halogens is 3. The summed E-state index contributed by atoms with van der Waals surface area (Å²) in [5.74, 6) is -0.197. The maximum atomic E-state index is 12.0. The van der Waals surface area contributed by atoms with Crippen molar-refractivity contribution in [2.45, 2.75) is 13.0 Å². The molecule has 0 bridgehead atoms. The van der Waals surface area contributed by atoms with Gasteiger partial charge in [0.1, 0.15) is 5.75 Å². The van der Waals surface area contributed by atoms with Gasteiger partial charge in [-0.3, -0.25) is 14.9 Å². The highest BCUT2D eigenvalue weighted by atomic mass is 35.5. The molecule has 1 atom stereocenters. The molecule has 132 valence electrons. The topological polar surface area (TPSA) is 81.5 Å². The van der Waals surface area contributed by atoms with Crippen molar-refractivity contribution in [3.63, 3.8) is 0 Å². The van der Waals surface area contributed by atoms with E-state index in [1.807, 2.05) is 0 Å². The molecule has 0 radical (unpaired) electrons. The molecule has 6 nitrogen and oxygen atoms in total. The molecule has 0 saturated carbocycles. The third-order valence-electron chi connectivity index (χ3n) is 3.31. The van der Waals surface area contributed by atoms with E-state index in [9.17, 15) is 14.9 Å². The van der Waals surface area contributed by atoms with Gasteiger partial charge in [0.15, 0.2) is 6.61 Å². The van der Waals surface area contributed by atoms with Crippen molar-refractivity contribution in [2.24, 2.45) is 0 Å². The Kier molecular flexibility index (Phi) is 6.47.